The van der Waals surface area contributed by atoms with Gasteiger partial charge in [0, 0.05) is 30.9 Å². The van der Waals surface area contributed by atoms with Gasteiger partial charge < -0.3 is 15.0 Å². The minimum absolute atomic E-state index is 0.0272. The Morgan fingerprint density at radius 3 is 2.74 bits per heavy atom. The van der Waals surface area contributed by atoms with Crippen LogP contribution in [0.1, 0.15) is 26.3 Å². The zero-order valence-electron chi connectivity index (χ0n) is 16.8. The Balaban J connectivity index is 1.75. The molecule has 7 nitrogen and oxygen atoms in total. The Morgan fingerprint density at radius 2 is 2.06 bits per heavy atom. The lowest BCUT2D eigenvalue weighted by Gasteiger charge is -2.30. The monoisotopic (exact) mass is 432 g/mol. The number of nitrogens with zero attached hydrogens (tertiary/aromatic N) is 3. The molecule has 4 rings (SSSR count). The second-order valence-corrected chi connectivity index (χ2v) is 7.17. The Hall–Kier alpha value is -3.56. The molecule has 1 aliphatic rings. The van der Waals surface area contributed by atoms with Crippen LogP contribution in [-0.4, -0.2) is 59.5 Å². The molecule has 0 spiro atoms. The number of imidazole rings is 1. The van der Waals surface area contributed by atoms with Crippen molar-refractivity contribution >= 4 is 17.5 Å². The van der Waals surface area contributed by atoms with Gasteiger partial charge in [0.1, 0.15) is 17.9 Å². The van der Waals surface area contributed by atoms with E-state index in [4.69, 9.17) is 4.74 Å². The first-order valence-corrected chi connectivity index (χ1v) is 9.48. The van der Waals surface area contributed by atoms with Crippen molar-refractivity contribution in [3.05, 3.63) is 53.3 Å². The summed E-state index contributed by atoms with van der Waals surface area (Å²) >= 11 is 0. The lowest BCUT2D eigenvalue weighted by atomic mass is 9.94. The summed E-state index contributed by atoms with van der Waals surface area (Å²) in [7, 11) is 2.92. The Kier molecular flexibility index (Phi) is 5.08. The summed E-state index contributed by atoms with van der Waals surface area (Å²) in [5.41, 5.74) is 3.19. The average Bonchev–Trinajstić information content (AvgIpc) is 3.16. The molecule has 1 aromatic carbocycles. The van der Waals surface area contributed by atoms with Crippen LogP contribution >= 0.6 is 0 Å². The zero-order chi connectivity index (χ0) is 22.3. The van der Waals surface area contributed by atoms with Gasteiger partial charge in [-0.25, -0.2) is 4.98 Å². The van der Waals surface area contributed by atoms with Crippen molar-refractivity contribution in [3.8, 4) is 17.0 Å². The fourth-order valence-corrected chi connectivity index (χ4v) is 3.78. The molecule has 2 amide bonds. The van der Waals surface area contributed by atoms with E-state index in [0.29, 0.717) is 28.0 Å². The number of hydrogen-bond donors (Lipinski definition) is 1. The van der Waals surface area contributed by atoms with Gasteiger partial charge in [-0.15, -0.1) is 0 Å². The van der Waals surface area contributed by atoms with Crippen LogP contribution in [0.3, 0.4) is 0 Å². The number of nitrogens with one attached hydrogen (secondary N) is 1. The fraction of sp³-hybridized carbons (Fsp3) is 0.286. The smallest absolute Gasteiger partial charge is 0.406 e. The van der Waals surface area contributed by atoms with Crippen LogP contribution in [0.5, 0.6) is 5.75 Å². The number of hydrogen-bond acceptors (Lipinski definition) is 4. The number of halogens is 3. The van der Waals surface area contributed by atoms with E-state index in [2.05, 4.69) is 10.3 Å². The van der Waals surface area contributed by atoms with Gasteiger partial charge in [0.2, 0.25) is 0 Å². The fourth-order valence-electron chi connectivity index (χ4n) is 3.78. The quantitative estimate of drug-likeness (QED) is 0.688. The number of fused-ring (bicyclic) bond motifs is 2. The molecule has 0 saturated heterocycles. The largest absolute Gasteiger partial charge is 0.496 e. The van der Waals surface area contributed by atoms with Gasteiger partial charge in [-0.1, -0.05) is 0 Å². The second-order valence-electron chi connectivity index (χ2n) is 7.17. The van der Waals surface area contributed by atoms with Crippen molar-refractivity contribution in [1.29, 1.82) is 0 Å². The maximum Gasteiger partial charge on any atom is 0.406 e. The topological polar surface area (TPSA) is 75.9 Å². The average molecular weight is 432 g/mol. The van der Waals surface area contributed by atoms with Crippen LogP contribution in [-0.2, 0) is 6.42 Å². The number of alkyl halides is 3. The Labute approximate surface area is 175 Å². The third kappa shape index (κ3) is 3.80. The van der Waals surface area contributed by atoms with E-state index in [-0.39, 0.29) is 30.2 Å². The van der Waals surface area contributed by atoms with Crippen molar-refractivity contribution in [2.45, 2.75) is 12.6 Å². The molecule has 31 heavy (non-hydrogen) atoms. The lowest BCUT2D eigenvalue weighted by Crippen LogP contribution is -2.43. The summed E-state index contributed by atoms with van der Waals surface area (Å²) in [6.07, 6.45) is -0.849. The minimum Gasteiger partial charge on any atom is -0.496 e. The molecule has 1 N–H and O–H groups in total. The van der Waals surface area contributed by atoms with Gasteiger partial charge in [-0.2, -0.15) is 13.2 Å². The first kappa shape index (κ1) is 20.7. The van der Waals surface area contributed by atoms with E-state index in [1.54, 1.807) is 48.1 Å². The van der Waals surface area contributed by atoms with E-state index in [0.717, 1.165) is 4.90 Å². The van der Waals surface area contributed by atoms with Gasteiger partial charge in [-0.3, -0.25) is 14.0 Å². The van der Waals surface area contributed by atoms with Gasteiger partial charge >= 0.3 is 6.18 Å². The molecule has 0 unspecified atom stereocenters. The van der Waals surface area contributed by atoms with Crippen molar-refractivity contribution < 1.29 is 27.5 Å². The van der Waals surface area contributed by atoms with Crippen LogP contribution in [0.4, 0.5) is 13.2 Å². The summed E-state index contributed by atoms with van der Waals surface area (Å²) in [6.45, 7) is -1.32. The third-order valence-electron chi connectivity index (χ3n) is 5.22. The summed E-state index contributed by atoms with van der Waals surface area (Å²) < 4.78 is 45.6. The number of aromatic nitrogens is 2. The highest BCUT2D eigenvalue weighted by molar-refractivity contribution is 6.00. The molecule has 1 aliphatic heterocycles. The standard InChI is InChI=1S/C21H19F3N4O3/c1-25-19(29)13-4-6-28-15(10-26-17(28)9-13)14-7-12-3-5-27(11-21(22,23)24)20(30)18(12)16(8-14)31-2/h4,6-10H,3,5,11H2,1-2H3,(H,25,29). The van der Waals surface area contributed by atoms with E-state index in [9.17, 15) is 22.8 Å². The third-order valence-corrected chi connectivity index (χ3v) is 5.22. The van der Waals surface area contributed by atoms with E-state index < -0.39 is 18.6 Å². The van der Waals surface area contributed by atoms with Crippen LogP contribution in [0.25, 0.3) is 16.9 Å². The number of carbonyl (C=O) groups is 2. The van der Waals surface area contributed by atoms with Crippen LogP contribution in [0.15, 0.2) is 36.7 Å². The van der Waals surface area contributed by atoms with Crippen LogP contribution in [0.2, 0.25) is 0 Å². The van der Waals surface area contributed by atoms with Gasteiger partial charge in [0.15, 0.2) is 0 Å². The number of methoxy groups -OCH3 is 1. The van der Waals surface area contributed by atoms with E-state index in [1.165, 1.54) is 7.11 Å². The molecule has 0 aliphatic carbocycles. The number of carbonyl (C=O) groups excluding carboxylic acids is 2. The zero-order valence-corrected chi connectivity index (χ0v) is 16.8. The number of pyridine rings is 1. The summed E-state index contributed by atoms with van der Waals surface area (Å²) in [5, 5.41) is 2.56. The molecule has 2 aromatic heterocycles. The van der Waals surface area contributed by atoms with Crippen molar-refractivity contribution in [3.63, 3.8) is 0 Å². The van der Waals surface area contributed by atoms with E-state index >= 15 is 0 Å². The highest BCUT2D eigenvalue weighted by atomic mass is 19.4. The number of amides is 2. The number of benzene rings is 1. The maximum absolute atomic E-state index is 12.8. The molecule has 0 saturated carbocycles. The molecule has 10 heteroatoms. The minimum atomic E-state index is -4.47. The highest BCUT2D eigenvalue weighted by Crippen LogP contribution is 2.35. The molecule has 0 fully saturated rings. The molecule has 0 atom stereocenters. The number of ether oxygens (including phenoxy) is 1. The van der Waals surface area contributed by atoms with Gasteiger partial charge in [-0.05, 0) is 36.2 Å². The predicted molar refractivity (Wildman–Crippen MR) is 106 cm³/mol. The molecular formula is C21H19F3N4O3. The van der Waals surface area contributed by atoms with Crippen molar-refractivity contribution in [2.75, 3.05) is 27.2 Å². The first-order valence-electron chi connectivity index (χ1n) is 9.48. The second kappa shape index (κ2) is 7.60. The van der Waals surface area contributed by atoms with Crippen molar-refractivity contribution in [1.82, 2.24) is 19.6 Å². The number of rotatable bonds is 4. The van der Waals surface area contributed by atoms with Gasteiger partial charge in [0.05, 0.1) is 24.6 Å². The van der Waals surface area contributed by atoms with E-state index in [1.807, 2.05) is 0 Å². The molecule has 3 heterocycles. The van der Waals surface area contributed by atoms with Crippen LogP contribution in [0, 0.1) is 0 Å². The highest BCUT2D eigenvalue weighted by Gasteiger charge is 2.37. The normalized spacial score (nSPS) is 14.0. The molecule has 0 bridgehead atoms. The molecule has 0 radical (unpaired) electrons. The van der Waals surface area contributed by atoms with Crippen LogP contribution < -0.4 is 10.1 Å². The molecule has 3 aromatic rings. The van der Waals surface area contributed by atoms with Crippen molar-refractivity contribution in [2.24, 2.45) is 0 Å². The first-order chi connectivity index (χ1) is 14.7. The summed E-state index contributed by atoms with van der Waals surface area (Å²) in [4.78, 5) is 29.7. The summed E-state index contributed by atoms with van der Waals surface area (Å²) in [5.74, 6) is -0.721. The molecule has 162 valence electrons. The lowest BCUT2D eigenvalue weighted by molar-refractivity contribution is -0.141. The summed E-state index contributed by atoms with van der Waals surface area (Å²) in [6, 6.07) is 6.70. The predicted octanol–water partition coefficient (Wildman–Crippen LogP) is 2.93. The Bertz CT molecular complexity index is 1170. The SMILES string of the molecule is CNC(=O)c1ccn2c(-c3cc4c(c(OC)c3)C(=O)N(CC(F)(F)F)CC4)cnc2c1. The van der Waals surface area contributed by atoms with Gasteiger partial charge in [0.25, 0.3) is 11.8 Å². The Morgan fingerprint density at radius 1 is 1.29 bits per heavy atom. The molecular weight excluding hydrogens is 413 g/mol. The maximum atomic E-state index is 12.8.